The maximum absolute atomic E-state index is 11.8. The number of rotatable bonds is 5. The monoisotopic (exact) mass is 237 g/mol. The number of nitrogens with one attached hydrogen (secondary N) is 1. The summed E-state index contributed by atoms with van der Waals surface area (Å²) < 4.78 is 4.94. The Kier molecular flexibility index (Phi) is 4.97. The molecule has 0 spiro atoms. The summed E-state index contributed by atoms with van der Waals surface area (Å²) in [5.41, 5.74) is 1.23. The minimum Gasteiger partial charge on any atom is -0.507 e. The second kappa shape index (κ2) is 6.25. The smallest absolute Gasteiger partial charge is 0.255 e. The van der Waals surface area contributed by atoms with Crippen LogP contribution in [0.3, 0.4) is 0 Å². The van der Waals surface area contributed by atoms with Crippen LogP contribution in [0.25, 0.3) is 0 Å². The lowest BCUT2D eigenvalue weighted by Gasteiger charge is -2.14. The van der Waals surface area contributed by atoms with Gasteiger partial charge in [-0.1, -0.05) is 6.07 Å². The number of aromatic hydroxyl groups is 1. The maximum Gasteiger partial charge on any atom is 0.255 e. The Bertz CT molecular complexity index is 390. The zero-order chi connectivity index (χ0) is 12.8. The minimum absolute atomic E-state index is 0.0152. The molecule has 1 unspecified atom stereocenters. The van der Waals surface area contributed by atoms with Gasteiger partial charge >= 0.3 is 0 Å². The number of methoxy groups -OCH3 is 1. The van der Waals surface area contributed by atoms with Crippen molar-refractivity contribution in [3.8, 4) is 5.75 Å². The lowest BCUT2D eigenvalue weighted by molar-refractivity contribution is 0.0927. The van der Waals surface area contributed by atoms with Gasteiger partial charge in [-0.3, -0.25) is 4.79 Å². The van der Waals surface area contributed by atoms with Gasteiger partial charge in [-0.15, -0.1) is 0 Å². The van der Waals surface area contributed by atoms with E-state index in [0.29, 0.717) is 12.2 Å². The highest BCUT2D eigenvalue weighted by molar-refractivity contribution is 5.97. The Morgan fingerprint density at radius 1 is 1.53 bits per heavy atom. The topological polar surface area (TPSA) is 58.6 Å². The van der Waals surface area contributed by atoms with Gasteiger partial charge in [0, 0.05) is 19.8 Å². The van der Waals surface area contributed by atoms with Crippen molar-refractivity contribution < 1.29 is 14.6 Å². The van der Waals surface area contributed by atoms with E-state index in [1.54, 1.807) is 25.3 Å². The predicted octanol–water partition coefficient (Wildman–Crippen LogP) is 1.86. The Morgan fingerprint density at radius 3 is 2.82 bits per heavy atom. The molecule has 1 aromatic rings. The fourth-order valence-electron chi connectivity index (χ4n) is 1.50. The number of aryl methyl sites for hydroxylation is 1. The summed E-state index contributed by atoms with van der Waals surface area (Å²) in [4.78, 5) is 11.8. The zero-order valence-electron chi connectivity index (χ0n) is 10.5. The number of hydrogen-bond donors (Lipinski definition) is 2. The average Bonchev–Trinajstić information content (AvgIpc) is 2.26. The molecule has 0 aliphatic carbocycles. The van der Waals surface area contributed by atoms with E-state index in [-0.39, 0.29) is 17.7 Å². The first-order valence-electron chi connectivity index (χ1n) is 5.64. The molecule has 0 heterocycles. The van der Waals surface area contributed by atoms with Crippen molar-refractivity contribution >= 4 is 5.91 Å². The Morgan fingerprint density at radius 2 is 2.24 bits per heavy atom. The van der Waals surface area contributed by atoms with E-state index in [2.05, 4.69) is 5.32 Å². The van der Waals surface area contributed by atoms with Crippen LogP contribution in [0.2, 0.25) is 0 Å². The number of benzene rings is 1. The van der Waals surface area contributed by atoms with Crippen LogP contribution in [0.1, 0.15) is 29.3 Å². The maximum atomic E-state index is 11.8. The molecule has 0 saturated carbocycles. The lowest BCUT2D eigenvalue weighted by Crippen LogP contribution is -2.33. The van der Waals surface area contributed by atoms with Crippen molar-refractivity contribution in [2.45, 2.75) is 26.3 Å². The summed E-state index contributed by atoms with van der Waals surface area (Å²) >= 11 is 0. The molecule has 1 aromatic carbocycles. The van der Waals surface area contributed by atoms with Crippen LogP contribution in [0.5, 0.6) is 5.75 Å². The van der Waals surface area contributed by atoms with Gasteiger partial charge in [-0.25, -0.2) is 0 Å². The number of hydrogen-bond acceptors (Lipinski definition) is 3. The molecular formula is C13H19NO3. The second-order valence-electron chi connectivity index (χ2n) is 4.18. The third kappa shape index (κ3) is 4.07. The van der Waals surface area contributed by atoms with Gasteiger partial charge in [0.25, 0.3) is 5.91 Å². The highest BCUT2D eigenvalue weighted by Gasteiger charge is 2.13. The van der Waals surface area contributed by atoms with E-state index in [9.17, 15) is 9.90 Å². The van der Waals surface area contributed by atoms with E-state index >= 15 is 0 Å². The van der Waals surface area contributed by atoms with Crippen LogP contribution in [-0.4, -0.2) is 30.8 Å². The lowest BCUT2D eigenvalue weighted by atomic mass is 10.1. The molecule has 4 nitrogen and oxygen atoms in total. The summed E-state index contributed by atoms with van der Waals surface area (Å²) in [6, 6.07) is 5.02. The average molecular weight is 237 g/mol. The molecule has 2 N–H and O–H groups in total. The SMILES string of the molecule is COCCC(C)NC(=O)c1ccc(C)cc1O. The summed E-state index contributed by atoms with van der Waals surface area (Å²) in [5, 5.41) is 12.5. The van der Waals surface area contributed by atoms with Crippen molar-refractivity contribution in [1.29, 1.82) is 0 Å². The largest absolute Gasteiger partial charge is 0.507 e. The molecule has 4 heteroatoms. The van der Waals surface area contributed by atoms with E-state index in [0.717, 1.165) is 12.0 Å². The van der Waals surface area contributed by atoms with Crippen molar-refractivity contribution in [1.82, 2.24) is 5.32 Å². The molecule has 0 fully saturated rings. The zero-order valence-corrected chi connectivity index (χ0v) is 10.5. The Labute approximate surface area is 102 Å². The third-order valence-electron chi connectivity index (χ3n) is 2.53. The molecule has 0 bridgehead atoms. The number of carbonyl (C=O) groups is 1. The van der Waals surface area contributed by atoms with E-state index in [4.69, 9.17) is 4.74 Å². The van der Waals surface area contributed by atoms with E-state index in [1.807, 2.05) is 13.8 Å². The molecule has 0 aromatic heterocycles. The molecule has 0 aliphatic heterocycles. The molecule has 0 aliphatic rings. The Hall–Kier alpha value is -1.55. The van der Waals surface area contributed by atoms with Gasteiger partial charge in [-0.2, -0.15) is 0 Å². The van der Waals surface area contributed by atoms with E-state index < -0.39 is 0 Å². The third-order valence-corrected chi connectivity index (χ3v) is 2.53. The van der Waals surface area contributed by atoms with E-state index in [1.165, 1.54) is 0 Å². The first-order chi connectivity index (χ1) is 8.04. The molecular weight excluding hydrogens is 218 g/mol. The number of phenols is 1. The number of amides is 1. The van der Waals surface area contributed by atoms with Crippen molar-refractivity contribution in [2.24, 2.45) is 0 Å². The standard InChI is InChI=1S/C13H19NO3/c1-9-4-5-11(12(15)8-9)13(16)14-10(2)6-7-17-3/h4-5,8,10,15H,6-7H2,1-3H3,(H,14,16). The van der Waals surface area contributed by atoms with Crippen LogP contribution >= 0.6 is 0 Å². The summed E-state index contributed by atoms with van der Waals surface area (Å²) in [6.45, 7) is 4.37. The highest BCUT2D eigenvalue weighted by atomic mass is 16.5. The molecule has 1 atom stereocenters. The number of ether oxygens (including phenoxy) is 1. The molecule has 0 radical (unpaired) electrons. The molecule has 1 rings (SSSR count). The fourth-order valence-corrected chi connectivity index (χ4v) is 1.50. The van der Waals surface area contributed by atoms with Crippen molar-refractivity contribution in [3.63, 3.8) is 0 Å². The van der Waals surface area contributed by atoms with Crippen LogP contribution in [0.4, 0.5) is 0 Å². The van der Waals surface area contributed by atoms with Crippen molar-refractivity contribution in [3.05, 3.63) is 29.3 Å². The summed E-state index contributed by atoms with van der Waals surface area (Å²) in [7, 11) is 1.63. The molecule has 94 valence electrons. The molecule has 0 saturated heterocycles. The quantitative estimate of drug-likeness (QED) is 0.821. The first kappa shape index (κ1) is 13.5. The number of carbonyl (C=O) groups excluding carboxylic acids is 1. The van der Waals surface area contributed by atoms with Crippen LogP contribution in [0, 0.1) is 6.92 Å². The normalized spacial score (nSPS) is 12.2. The van der Waals surface area contributed by atoms with Crippen LogP contribution in [-0.2, 0) is 4.74 Å². The number of phenolic OH excluding ortho intramolecular Hbond substituents is 1. The van der Waals surface area contributed by atoms with Gasteiger partial charge in [0.2, 0.25) is 0 Å². The van der Waals surface area contributed by atoms with Gasteiger partial charge in [-0.05, 0) is 38.0 Å². The molecule has 1 amide bonds. The Balaban J connectivity index is 2.63. The van der Waals surface area contributed by atoms with Gasteiger partial charge in [0.05, 0.1) is 5.56 Å². The summed E-state index contributed by atoms with van der Waals surface area (Å²) in [6.07, 6.45) is 0.745. The van der Waals surface area contributed by atoms with Gasteiger partial charge in [0.1, 0.15) is 5.75 Å². The fraction of sp³-hybridized carbons (Fsp3) is 0.462. The van der Waals surface area contributed by atoms with Crippen LogP contribution in [0.15, 0.2) is 18.2 Å². The molecule has 17 heavy (non-hydrogen) atoms. The predicted molar refractivity (Wildman–Crippen MR) is 66.3 cm³/mol. The summed E-state index contributed by atoms with van der Waals surface area (Å²) in [5.74, 6) is -0.243. The van der Waals surface area contributed by atoms with Gasteiger partial charge < -0.3 is 15.2 Å². The van der Waals surface area contributed by atoms with Crippen molar-refractivity contribution in [2.75, 3.05) is 13.7 Å². The first-order valence-corrected chi connectivity index (χ1v) is 5.64. The van der Waals surface area contributed by atoms with Gasteiger partial charge in [0.15, 0.2) is 0 Å². The minimum atomic E-state index is -0.258. The van der Waals surface area contributed by atoms with Crippen LogP contribution < -0.4 is 5.32 Å². The second-order valence-corrected chi connectivity index (χ2v) is 4.18. The highest BCUT2D eigenvalue weighted by Crippen LogP contribution is 2.18.